The number of para-hydroxylation sites is 1. The predicted molar refractivity (Wildman–Crippen MR) is 108 cm³/mol. The molecule has 0 atom stereocenters. The molecule has 3 aromatic rings. The van der Waals surface area contributed by atoms with Crippen LogP contribution in [0.1, 0.15) is 27.0 Å². The van der Waals surface area contributed by atoms with E-state index >= 15 is 0 Å². The number of amides is 1. The molecule has 1 N–H and O–H groups in total. The van der Waals surface area contributed by atoms with E-state index in [2.05, 4.69) is 5.32 Å². The van der Waals surface area contributed by atoms with Gasteiger partial charge in [-0.3, -0.25) is 4.79 Å². The predicted octanol–water partition coefficient (Wildman–Crippen LogP) is 3.83. The Morgan fingerprint density at radius 1 is 0.893 bits per heavy atom. The second kappa shape index (κ2) is 8.71. The Bertz CT molecular complexity index is 1060. The SMILES string of the molecule is Cc1cccc(CS(=O)(=O)Oc2ccccc2C(=O)NCc2ccccc2)c1. The quantitative estimate of drug-likeness (QED) is 0.617. The van der Waals surface area contributed by atoms with Crippen molar-refractivity contribution < 1.29 is 17.4 Å². The maximum absolute atomic E-state index is 12.5. The van der Waals surface area contributed by atoms with E-state index in [1.54, 1.807) is 30.3 Å². The van der Waals surface area contributed by atoms with Gasteiger partial charge in [0, 0.05) is 6.54 Å². The molecule has 0 aliphatic rings. The van der Waals surface area contributed by atoms with E-state index < -0.39 is 16.0 Å². The zero-order chi connectivity index (χ0) is 20.0. The van der Waals surface area contributed by atoms with Crippen LogP contribution in [0, 0.1) is 6.92 Å². The van der Waals surface area contributed by atoms with Gasteiger partial charge < -0.3 is 9.50 Å². The molecule has 1 amide bonds. The second-order valence-corrected chi connectivity index (χ2v) is 8.01. The molecule has 3 aromatic carbocycles. The minimum absolute atomic E-state index is 0.0146. The molecule has 0 heterocycles. The van der Waals surface area contributed by atoms with Crippen molar-refractivity contribution in [2.45, 2.75) is 19.2 Å². The Balaban J connectivity index is 1.73. The van der Waals surface area contributed by atoms with E-state index in [9.17, 15) is 13.2 Å². The standard InChI is InChI=1S/C22H21NO4S/c1-17-8-7-11-19(14-17)16-28(25,26)27-21-13-6-5-12-20(21)22(24)23-15-18-9-3-2-4-10-18/h2-14H,15-16H2,1H3,(H,23,24). The highest BCUT2D eigenvalue weighted by molar-refractivity contribution is 7.86. The van der Waals surface area contributed by atoms with Gasteiger partial charge in [-0.25, -0.2) is 0 Å². The molecule has 3 rings (SSSR count). The van der Waals surface area contributed by atoms with Gasteiger partial charge in [0.15, 0.2) is 5.75 Å². The third-order valence-corrected chi connectivity index (χ3v) is 5.19. The van der Waals surface area contributed by atoms with Crippen LogP contribution in [0.4, 0.5) is 0 Å². The molecule has 0 saturated heterocycles. The first-order valence-electron chi connectivity index (χ1n) is 8.82. The average molecular weight is 395 g/mol. The first-order valence-corrected chi connectivity index (χ1v) is 10.4. The summed E-state index contributed by atoms with van der Waals surface area (Å²) in [7, 11) is -3.91. The summed E-state index contributed by atoms with van der Waals surface area (Å²) in [4.78, 5) is 12.5. The second-order valence-electron chi connectivity index (χ2n) is 6.44. The Labute approximate surface area is 165 Å². The van der Waals surface area contributed by atoms with E-state index in [1.165, 1.54) is 12.1 Å². The van der Waals surface area contributed by atoms with Crippen molar-refractivity contribution >= 4 is 16.0 Å². The number of nitrogens with one attached hydrogen (secondary N) is 1. The maximum atomic E-state index is 12.5. The summed E-state index contributed by atoms with van der Waals surface area (Å²) in [5.41, 5.74) is 2.71. The number of aryl methyl sites for hydroxylation is 1. The fraction of sp³-hybridized carbons (Fsp3) is 0.136. The van der Waals surface area contributed by atoms with Gasteiger partial charge in [0.05, 0.1) is 5.56 Å². The fourth-order valence-electron chi connectivity index (χ4n) is 2.77. The van der Waals surface area contributed by atoms with Crippen molar-refractivity contribution in [3.05, 3.63) is 101 Å². The van der Waals surface area contributed by atoms with Crippen LogP contribution in [0.25, 0.3) is 0 Å². The number of rotatable bonds is 7. The Morgan fingerprint density at radius 2 is 1.57 bits per heavy atom. The minimum atomic E-state index is -3.91. The number of carbonyl (C=O) groups excluding carboxylic acids is 1. The average Bonchev–Trinajstić information content (AvgIpc) is 2.66. The zero-order valence-corrected chi connectivity index (χ0v) is 16.3. The van der Waals surface area contributed by atoms with Crippen LogP contribution in [0.15, 0.2) is 78.9 Å². The highest BCUT2D eigenvalue weighted by Gasteiger charge is 2.19. The molecule has 5 nitrogen and oxygen atoms in total. The number of benzene rings is 3. The van der Waals surface area contributed by atoms with Gasteiger partial charge in [0.25, 0.3) is 5.91 Å². The van der Waals surface area contributed by atoms with Gasteiger partial charge in [-0.1, -0.05) is 72.3 Å². The van der Waals surface area contributed by atoms with Crippen molar-refractivity contribution in [3.8, 4) is 5.75 Å². The molecule has 0 aromatic heterocycles. The van der Waals surface area contributed by atoms with Gasteiger partial charge in [0.1, 0.15) is 5.75 Å². The van der Waals surface area contributed by atoms with Crippen molar-refractivity contribution in [3.63, 3.8) is 0 Å². The van der Waals surface area contributed by atoms with Crippen molar-refractivity contribution in [2.75, 3.05) is 0 Å². The lowest BCUT2D eigenvalue weighted by molar-refractivity contribution is 0.0949. The van der Waals surface area contributed by atoms with Crippen LogP contribution in [0.5, 0.6) is 5.75 Å². The molecule has 0 aliphatic heterocycles. The summed E-state index contributed by atoms with van der Waals surface area (Å²) in [6, 6.07) is 23.0. The normalized spacial score (nSPS) is 11.0. The number of carbonyl (C=O) groups is 1. The lowest BCUT2D eigenvalue weighted by Crippen LogP contribution is -2.24. The van der Waals surface area contributed by atoms with Gasteiger partial charge in [-0.05, 0) is 30.2 Å². The largest absolute Gasteiger partial charge is 0.381 e. The first kappa shape index (κ1) is 19.6. The van der Waals surface area contributed by atoms with E-state index in [-0.39, 0.29) is 17.1 Å². The van der Waals surface area contributed by atoms with Crippen molar-refractivity contribution in [2.24, 2.45) is 0 Å². The summed E-state index contributed by atoms with van der Waals surface area (Å²) in [6.45, 7) is 2.23. The molecule has 0 spiro atoms. The highest BCUT2D eigenvalue weighted by Crippen LogP contribution is 2.21. The monoisotopic (exact) mass is 395 g/mol. The molecule has 6 heteroatoms. The summed E-state index contributed by atoms with van der Waals surface area (Å²) in [5.74, 6) is -0.653. The number of hydrogen-bond donors (Lipinski definition) is 1. The van der Waals surface area contributed by atoms with Gasteiger partial charge in [-0.2, -0.15) is 8.42 Å². The zero-order valence-electron chi connectivity index (χ0n) is 15.5. The maximum Gasteiger partial charge on any atom is 0.313 e. The molecule has 0 aliphatic carbocycles. The fourth-order valence-corrected chi connectivity index (χ4v) is 3.84. The smallest absolute Gasteiger partial charge is 0.313 e. The Hall–Kier alpha value is -3.12. The number of hydrogen-bond acceptors (Lipinski definition) is 4. The third-order valence-electron chi connectivity index (χ3n) is 4.07. The van der Waals surface area contributed by atoms with Crippen LogP contribution in [0.3, 0.4) is 0 Å². The van der Waals surface area contributed by atoms with Crippen LogP contribution in [0.2, 0.25) is 0 Å². The molecule has 0 bridgehead atoms. The first-order chi connectivity index (χ1) is 13.4. The van der Waals surface area contributed by atoms with Gasteiger partial charge >= 0.3 is 10.1 Å². The molecular formula is C22H21NO4S. The Kier molecular flexibility index (Phi) is 6.11. The molecule has 0 unspecified atom stereocenters. The summed E-state index contributed by atoms with van der Waals surface area (Å²) in [5, 5.41) is 2.78. The summed E-state index contributed by atoms with van der Waals surface area (Å²) in [6.07, 6.45) is 0. The van der Waals surface area contributed by atoms with Crippen molar-refractivity contribution in [1.82, 2.24) is 5.32 Å². The molecule has 144 valence electrons. The lowest BCUT2D eigenvalue weighted by atomic mass is 10.1. The lowest BCUT2D eigenvalue weighted by Gasteiger charge is -2.12. The topological polar surface area (TPSA) is 72.5 Å². The van der Waals surface area contributed by atoms with Gasteiger partial charge in [0.2, 0.25) is 0 Å². The highest BCUT2D eigenvalue weighted by atomic mass is 32.2. The van der Waals surface area contributed by atoms with Crippen LogP contribution < -0.4 is 9.50 Å². The van der Waals surface area contributed by atoms with Crippen LogP contribution >= 0.6 is 0 Å². The van der Waals surface area contributed by atoms with Crippen LogP contribution in [-0.2, 0) is 22.4 Å². The van der Waals surface area contributed by atoms with Gasteiger partial charge in [-0.15, -0.1) is 0 Å². The summed E-state index contributed by atoms with van der Waals surface area (Å²) < 4.78 is 30.2. The van der Waals surface area contributed by atoms with E-state index in [1.807, 2.05) is 43.3 Å². The minimum Gasteiger partial charge on any atom is -0.381 e. The molecule has 28 heavy (non-hydrogen) atoms. The molecule has 0 saturated carbocycles. The third kappa shape index (κ3) is 5.44. The van der Waals surface area contributed by atoms with E-state index in [4.69, 9.17) is 4.18 Å². The Morgan fingerprint density at radius 3 is 2.32 bits per heavy atom. The summed E-state index contributed by atoms with van der Waals surface area (Å²) >= 11 is 0. The molecule has 0 radical (unpaired) electrons. The van der Waals surface area contributed by atoms with Crippen LogP contribution in [-0.4, -0.2) is 14.3 Å². The molecule has 0 fully saturated rings. The molecular weight excluding hydrogens is 374 g/mol. The van der Waals surface area contributed by atoms with E-state index in [0.29, 0.717) is 12.1 Å². The van der Waals surface area contributed by atoms with E-state index in [0.717, 1.165) is 11.1 Å². The van der Waals surface area contributed by atoms with Crippen molar-refractivity contribution in [1.29, 1.82) is 0 Å².